The Kier molecular flexibility index (Phi) is 3.08. The van der Waals surface area contributed by atoms with Gasteiger partial charge in [-0.15, -0.1) is 0 Å². The van der Waals surface area contributed by atoms with Crippen molar-refractivity contribution in [3.63, 3.8) is 0 Å². The highest BCUT2D eigenvalue weighted by Gasteiger charge is 2.63. The zero-order valence-electron chi connectivity index (χ0n) is 15.1. The molecule has 0 bridgehead atoms. The quantitative estimate of drug-likeness (QED) is 0.324. The largest absolute Gasteiger partial charge is 0.0761 e. The first kappa shape index (κ1) is 15.9. The van der Waals surface area contributed by atoms with Crippen LogP contribution in [0.25, 0.3) is 11.1 Å². The van der Waals surface area contributed by atoms with Crippen LogP contribution in [-0.4, -0.2) is 0 Å². The summed E-state index contributed by atoms with van der Waals surface area (Å²) in [7, 11) is 0. The number of halogens is 1. The molecule has 0 heterocycles. The molecule has 3 aromatic carbocycles. The third-order valence-corrected chi connectivity index (χ3v) is 7.69. The van der Waals surface area contributed by atoms with E-state index in [2.05, 4.69) is 121 Å². The van der Waals surface area contributed by atoms with Gasteiger partial charge >= 0.3 is 0 Å². The predicted octanol–water partition coefficient (Wildman–Crippen LogP) is 6.84. The van der Waals surface area contributed by atoms with Crippen molar-refractivity contribution < 1.29 is 0 Å². The van der Waals surface area contributed by atoms with Gasteiger partial charge in [0, 0.05) is 14.9 Å². The lowest BCUT2D eigenvalue weighted by Crippen LogP contribution is -2.42. The van der Waals surface area contributed by atoms with Gasteiger partial charge in [-0.05, 0) is 68.1 Å². The van der Waals surface area contributed by atoms with Crippen LogP contribution in [0.1, 0.15) is 35.1 Å². The lowest BCUT2D eigenvalue weighted by molar-refractivity contribution is 0.294. The highest BCUT2D eigenvalue weighted by atomic mass is 127. The van der Waals surface area contributed by atoms with Crippen LogP contribution in [-0.2, 0) is 5.41 Å². The molecule has 3 aliphatic rings. The SMILES string of the molecule is CC12C=CC=CC1c1ccc(I)cc1C21c2ccccc2-c2ccccc21. The van der Waals surface area contributed by atoms with Crippen LogP contribution >= 0.6 is 22.6 Å². The predicted molar refractivity (Wildman–Crippen MR) is 120 cm³/mol. The van der Waals surface area contributed by atoms with E-state index in [-0.39, 0.29) is 10.8 Å². The molecule has 1 spiro atoms. The van der Waals surface area contributed by atoms with Gasteiger partial charge in [-0.1, -0.05) is 85.8 Å². The van der Waals surface area contributed by atoms with Crippen LogP contribution in [0.3, 0.4) is 0 Å². The van der Waals surface area contributed by atoms with Crippen molar-refractivity contribution in [2.45, 2.75) is 18.3 Å². The molecule has 0 aliphatic heterocycles. The van der Waals surface area contributed by atoms with Gasteiger partial charge in [0.1, 0.15) is 0 Å². The van der Waals surface area contributed by atoms with Crippen LogP contribution in [0.15, 0.2) is 91.0 Å². The Morgan fingerprint density at radius 1 is 0.778 bits per heavy atom. The molecule has 0 saturated heterocycles. The van der Waals surface area contributed by atoms with Crippen molar-refractivity contribution in [2.24, 2.45) is 5.41 Å². The molecular formula is C26H19I. The Morgan fingerprint density at radius 2 is 1.44 bits per heavy atom. The molecule has 0 amide bonds. The monoisotopic (exact) mass is 458 g/mol. The minimum Gasteiger partial charge on any atom is -0.0761 e. The minimum atomic E-state index is -0.136. The highest BCUT2D eigenvalue weighted by Crippen LogP contribution is 2.70. The summed E-state index contributed by atoms with van der Waals surface area (Å²) in [5.74, 6) is 0.397. The molecule has 0 fully saturated rings. The summed E-state index contributed by atoms with van der Waals surface area (Å²) in [6, 6.07) is 25.1. The Bertz CT molecular complexity index is 1120. The topological polar surface area (TPSA) is 0 Å². The van der Waals surface area contributed by atoms with Crippen molar-refractivity contribution in [3.05, 3.63) is 117 Å². The molecule has 1 heteroatoms. The van der Waals surface area contributed by atoms with Gasteiger partial charge in [-0.3, -0.25) is 0 Å². The Labute approximate surface area is 173 Å². The average molecular weight is 458 g/mol. The second-order valence-electron chi connectivity index (χ2n) is 8.08. The molecule has 0 N–H and O–H groups in total. The van der Waals surface area contributed by atoms with E-state index < -0.39 is 0 Å². The first-order valence-corrected chi connectivity index (χ1v) is 10.6. The van der Waals surface area contributed by atoms with Gasteiger partial charge < -0.3 is 0 Å². The molecule has 130 valence electrons. The van der Waals surface area contributed by atoms with Crippen molar-refractivity contribution in [1.29, 1.82) is 0 Å². The molecular weight excluding hydrogens is 439 g/mol. The van der Waals surface area contributed by atoms with Gasteiger partial charge in [0.15, 0.2) is 0 Å². The zero-order valence-corrected chi connectivity index (χ0v) is 17.3. The fourth-order valence-electron chi connectivity index (χ4n) is 6.04. The van der Waals surface area contributed by atoms with Gasteiger partial charge in [0.05, 0.1) is 5.41 Å². The van der Waals surface area contributed by atoms with E-state index in [9.17, 15) is 0 Å². The van der Waals surface area contributed by atoms with E-state index >= 15 is 0 Å². The molecule has 0 radical (unpaired) electrons. The van der Waals surface area contributed by atoms with Crippen molar-refractivity contribution in [3.8, 4) is 11.1 Å². The smallest absolute Gasteiger partial charge is 0.0563 e. The van der Waals surface area contributed by atoms with Crippen LogP contribution in [0.2, 0.25) is 0 Å². The highest BCUT2D eigenvalue weighted by molar-refractivity contribution is 14.1. The van der Waals surface area contributed by atoms with Gasteiger partial charge in [-0.25, -0.2) is 0 Å². The summed E-state index contributed by atoms with van der Waals surface area (Å²) in [6.07, 6.45) is 9.34. The van der Waals surface area contributed by atoms with E-state index in [1.165, 1.54) is 37.0 Å². The van der Waals surface area contributed by atoms with E-state index in [1.54, 1.807) is 0 Å². The maximum atomic E-state index is 2.46. The van der Waals surface area contributed by atoms with E-state index in [4.69, 9.17) is 0 Å². The second kappa shape index (κ2) is 5.23. The number of fused-ring (bicyclic) bond motifs is 10. The van der Waals surface area contributed by atoms with Crippen LogP contribution in [0, 0.1) is 8.99 Å². The minimum absolute atomic E-state index is 0.0166. The third kappa shape index (κ3) is 1.70. The first-order chi connectivity index (χ1) is 13.2. The van der Waals surface area contributed by atoms with E-state index in [0.717, 1.165) is 0 Å². The number of benzene rings is 3. The summed E-state index contributed by atoms with van der Waals surface area (Å²) in [5, 5.41) is 0. The Balaban J connectivity index is 1.85. The van der Waals surface area contributed by atoms with Crippen molar-refractivity contribution >= 4 is 22.6 Å². The maximum absolute atomic E-state index is 2.46. The molecule has 0 saturated carbocycles. The number of allylic oxidation sites excluding steroid dienone is 4. The normalized spacial score (nSPS) is 25.2. The lowest BCUT2D eigenvalue weighted by atomic mass is 9.56. The van der Waals surface area contributed by atoms with E-state index in [1.807, 2.05) is 0 Å². The molecule has 6 rings (SSSR count). The van der Waals surface area contributed by atoms with Crippen molar-refractivity contribution in [2.75, 3.05) is 0 Å². The van der Waals surface area contributed by atoms with Crippen LogP contribution in [0.5, 0.6) is 0 Å². The van der Waals surface area contributed by atoms with Crippen LogP contribution in [0.4, 0.5) is 0 Å². The Hall–Kier alpha value is -2.13. The summed E-state index contributed by atoms with van der Waals surface area (Å²) in [6.45, 7) is 2.46. The lowest BCUT2D eigenvalue weighted by Gasteiger charge is -2.45. The molecule has 27 heavy (non-hydrogen) atoms. The summed E-state index contributed by atoms with van der Waals surface area (Å²) in [5.41, 5.74) is 8.50. The van der Waals surface area contributed by atoms with Gasteiger partial charge in [0.25, 0.3) is 0 Å². The number of hydrogen-bond donors (Lipinski definition) is 0. The fraction of sp³-hybridized carbons (Fsp3) is 0.154. The first-order valence-electron chi connectivity index (χ1n) is 9.53. The molecule has 0 nitrogen and oxygen atoms in total. The van der Waals surface area contributed by atoms with Crippen molar-refractivity contribution in [1.82, 2.24) is 0 Å². The summed E-state index contributed by atoms with van der Waals surface area (Å²) in [4.78, 5) is 0. The second-order valence-corrected chi connectivity index (χ2v) is 9.32. The maximum Gasteiger partial charge on any atom is 0.0563 e. The molecule has 2 unspecified atom stereocenters. The fourth-order valence-corrected chi connectivity index (χ4v) is 6.53. The van der Waals surface area contributed by atoms with Gasteiger partial charge in [-0.2, -0.15) is 0 Å². The molecule has 0 aromatic heterocycles. The van der Waals surface area contributed by atoms with Crippen LogP contribution < -0.4 is 0 Å². The van der Waals surface area contributed by atoms with Gasteiger partial charge in [0.2, 0.25) is 0 Å². The zero-order chi connectivity index (χ0) is 18.2. The summed E-state index contributed by atoms with van der Waals surface area (Å²) < 4.78 is 1.31. The van der Waals surface area contributed by atoms with E-state index in [0.29, 0.717) is 5.92 Å². The summed E-state index contributed by atoms with van der Waals surface area (Å²) >= 11 is 2.46. The molecule has 3 aromatic rings. The number of hydrogen-bond acceptors (Lipinski definition) is 0. The molecule has 2 atom stereocenters. The third-order valence-electron chi connectivity index (χ3n) is 7.02. The average Bonchev–Trinajstić information content (AvgIpc) is 3.12. The standard InChI is InChI=1S/C26H19I/c1-25-15-7-6-10-21(25)20-14-13-17(27)16-24(20)26(25)22-11-4-2-8-18(22)19-9-3-5-12-23(19)26/h2-16,21H,1H3. The number of rotatable bonds is 0. The molecule has 3 aliphatic carbocycles. The Morgan fingerprint density at radius 3 is 2.15 bits per heavy atom.